The van der Waals surface area contributed by atoms with Crippen molar-refractivity contribution in [2.45, 2.75) is 20.0 Å². The molecule has 0 saturated carbocycles. The van der Waals surface area contributed by atoms with Crippen LogP contribution in [0.3, 0.4) is 0 Å². The first kappa shape index (κ1) is 9.60. The maximum absolute atomic E-state index is 6.19. The Morgan fingerprint density at radius 2 is 2.25 bits per heavy atom. The van der Waals surface area contributed by atoms with E-state index in [1.54, 1.807) is 0 Å². The smallest absolute Gasteiger partial charge is 0.0755 e. The van der Waals surface area contributed by atoms with Crippen LogP contribution in [0.5, 0.6) is 0 Å². The maximum Gasteiger partial charge on any atom is 0.0755 e. The largest absolute Gasteiger partial charge is 0.398 e. The molecule has 0 fully saturated rings. The summed E-state index contributed by atoms with van der Waals surface area (Å²) in [5.41, 5.74) is 11.4. The van der Waals surface area contributed by atoms with Crippen LogP contribution in [-0.2, 0) is 17.8 Å². The number of ether oxygens (including phenoxy) is 1. The van der Waals surface area contributed by atoms with Gasteiger partial charge >= 0.3 is 0 Å². The molecule has 2 heterocycles. The number of nitrogens with zero attached hydrogens (tertiary/aromatic N) is 1. The van der Waals surface area contributed by atoms with E-state index in [2.05, 4.69) is 24.0 Å². The zero-order chi connectivity index (χ0) is 11.1. The number of anilines is 1. The van der Waals surface area contributed by atoms with Gasteiger partial charge < -0.3 is 10.5 Å². The number of aromatic nitrogens is 1. The standard InChI is InChI=1S/C13H14N2O/c1-8-2-3-11-9(6-8)13(14)10-7-16-5-4-12(10)15-11/h2-3,6H,4-5,7H2,1H3,(H2,14,15). The Bertz CT molecular complexity index is 563. The molecule has 1 aliphatic heterocycles. The molecule has 3 nitrogen and oxygen atoms in total. The van der Waals surface area contributed by atoms with E-state index in [9.17, 15) is 0 Å². The third-order valence-electron chi connectivity index (χ3n) is 3.10. The second-order valence-electron chi connectivity index (χ2n) is 4.27. The van der Waals surface area contributed by atoms with E-state index in [0.29, 0.717) is 6.61 Å². The lowest BCUT2D eigenvalue weighted by atomic mass is 10.0. The van der Waals surface area contributed by atoms with Gasteiger partial charge in [-0.1, -0.05) is 11.6 Å². The van der Waals surface area contributed by atoms with Crippen molar-refractivity contribution >= 4 is 16.6 Å². The van der Waals surface area contributed by atoms with Crippen molar-refractivity contribution in [2.75, 3.05) is 12.3 Å². The highest BCUT2D eigenvalue weighted by molar-refractivity contribution is 5.92. The summed E-state index contributed by atoms with van der Waals surface area (Å²) in [6.45, 7) is 3.41. The molecule has 0 atom stereocenters. The molecule has 1 aromatic heterocycles. The van der Waals surface area contributed by atoms with Gasteiger partial charge in [0.2, 0.25) is 0 Å². The summed E-state index contributed by atoms with van der Waals surface area (Å²) < 4.78 is 5.44. The van der Waals surface area contributed by atoms with Crippen molar-refractivity contribution in [3.8, 4) is 0 Å². The molecule has 0 unspecified atom stereocenters. The van der Waals surface area contributed by atoms with Gasteiger partial charge in [-0.2, -0.15) is 0 Å². The van der Waals surface area contributed by atoms with Crippen LogP contribution in [0.4, 0.5) is 5.69 Å². The zero-order valence-electron chi connectivity index (χ0n) is 9.29. The van der Waals surface area contributed by atoms with Crippen LogP contribution in [0.25, 0.3) is 10.9 Å². The second-order valence-corrected chi connectivity index (χ2v) is 4.27. The third kappa shape index (κ3) is 1.36. The molecule has 2 aromatic rings. The minimum Gasteiger partial charge on any atom is -0.398 e. The van der Waals surface area contributed by atoms with Gasteiger partial charge in [-0.3, -0.25) is 4.98 Å². The summed E-state index contributed by atoms with van der Waals surface area (Å²) in [7, 11) is 0. The second kappa shape index (κ2) is 3.46. The predicted octanol–water partition coefficient (Wildman–Crippen LogP) is 2.20. The molecule has 3 rings (SSSR count). The zero-order valence-corrected chi connectivity index (χ0v) is 9.29. The lowest BCUT2D eigenvalue weighted by Gasteiger charge is -2.19. The molecule has 0 spiro atoms. The average molecular weight is 214 g/mol. The number of benzene rings is 1. The molecule has 16 heavy (non-hydrogen) atoms. The topological polar surface area (TPSA) is 48.1 Å². The Morgan fingerprint density at radius 1 is 1.38 bits per heavy atom. The predicted molar refractivity (Wildman–Crippen MR) is 64.3 cm³/mol. The Labute approximate surface area is 94.2 Å². The Hall–Kier alpha value is -1.61. The monoisotopic (exact) mass is 214 g/mol. The summed E-state index contributed by atoms with van der Waals surface area (Å²) >= 11 is 0. The van der Waals surface area contributed by atoms with Crippen LogP contribution in [-0.4, -0.2) is 11.6 Å². The first-order valence-electron chi connectivity index (χ1n) is 5.51. The molecule has 82 valence electrons. The van der Waals surface area contributed by atoms with Crippen molar-refractivity contribution in [1.29, 1.82) is 0 Å². The molecular formula is C13H14N2O. The van der Waals surface area contributed by atoms with Crippen molar-refractivity contribution in [3.05, 3.63) is 35.0 Å². The fourth-order valence-electron chi connectivity index (χ4n) is 2.20. The number of rotatable bonds is 0. The quantitative estimate of drug-likeness (QED) is 0.731. The molecule has 0 radical (unpaired) electrons. The molecule has 1 aliphatic rings. The SMILES string of the molecule is Cc1ccc2nc3c(c(N)c2c1)COCC3. The van der Waals surface area contributed by atoms with Gasteiger partial charge in [0.05, 0.1) is 24.4 Å². The Kier molecular flexibility index (Phi) is 2.07. The van der Waals surface area contributed by atoms with E-state index in [1.807, 2.05) is 6.07 Å². The summed E-state index contributed by atoms with van der Waals surface area (Å²) in [5.74, 6) is 0. The van der Waals surface area contributed by atoms with Gasteiger partial charge in [0.25, 0.3) is 0 Å². The summed E-state index contributed by atoms with van der Waals surface area (Å²) in [6, 6.07) is 6.20. The van der Waals surface area contributed by atoms with E-state index in [4.69, 9.17) is 10.5 Å². The van der Waals surface area contributed by atoms with Crippen LogP contribution in [0, 0.1) is 6.92 Å². The normalized spacial score (nSPS) is 15.1. The lowest BCUT2D eigenvalue weighted by Crippen LogP contribution is -2.14. The number of nitrogen functional groups attached to an aromatic ring is 1. The highest BCUT2D eigenvalue weighted by atomic mass is 16.5. The molecule has 1 aromatic carbocycles. The fraction of sp³-hybridized carbons (Fsp3) is 0.308. The molecule has 3 heteroatoms. The van der Waals surface area contributed by atoms with Gasteiger partial charge in [0.1, 0.15) is 0 Å². The summed E-state index contributed by atoms with van der Waals surface area (Å²) in [6.07, 6.45) is 0.864. The number of aryl methyl sites for hydroxylation is 1. The van der Waals surface area contributed by atoms with Crippen LogP contribution >= 0.6 is 0 Å². The highest BCUT2D eigenvalue weighted by Crippen LogP contribution is 2.29. The van der Waals surface area contributed by atoms with Crippen LogP contribution in [0.1, 0.15) is 16.8 Å². The lowest BCUT2D eigenvalue weighted by molar-refractivity contribution is 0.110. The van der Waals surface area contributed by atoms with Crippen LogP contribution < -0.4 is 5.73 Å². The van der Waals surface area contributed by atoms with Gasteiger partial charge in [-0.15, -0.1) is 0 Å². The van der Waals surface area contributed by atoms with Crippen molar-refractivity contribution in [1.82, 2.24) is 4.98 Å². The van der Waals surface area contributed by atoms with Gasteiger partial charge in [0, 0.05) is 23.1 Å². The van der Waals surface area contributed by atoms with Crippen LogP contribution in [0.2, 0.25) is 0 Å². The first-order valence-corrected chi connectivity index (χ1v) is 5.51. The number of pyridine rings is 1. The molecule has 0 bridgehead atoms. The first-order chi connectivity index (χ1) is 7.75. The van der Waals surface area contributed by atoms with Gasteiger partial charge in [-0.25, -0.2) is 0 Å². The molecule has 0 saturated heterocycles. The highest BCUT2D eigenvalue weighted by Gasteiger charge is 2.16. The number of hydrogen-bond donors (Lipinski definition) is 1. The Balaban J connectivity index is 2.35. The van der Waals surface area contributed by atoms with E-state index in [-0.39, 0.29) is 0 Å². The van der Waals surface area contributed by atoms with Crippen LogP contribution in [0.15, 0.2) is 18.2 Å². The summed E-state index contributed by atoms with van der Waals surface area (Å²) in [4.78, 5) is 4.66. The third-order valence-corrected chi connectivity index (χ3v) is 3.10. The van der Waals surface area contributed by atoms with Gasteiger partial charge in [0.15, 0.2) is 0 Å². The van der Waals surface area contributed by atoms with E-state index < -0.39 is 0 Å². The average Bonchev–Trinajstić information content (AvgIpc) is 2.31. The number of nitrogens with two attached hydrogens (primary N) is 1. The van der Waals surface area contributed by atoms with Gasteiger partial charge in [-0.05, 0) is 19.1 Å². The molecule has 0 aliphatic carbocycles. The van der Waals surface area contributed by atoms with Crippen molar-refractivity contribution in [2.24, 2.45) is 0 Å². The minimum absolute atomic E-state index is 0.595. The van der Waals surface area contributed by atoms with E-state index >= 15 is 0 Å². The van der Waals surface area contributed by atoms with E-state index in [0.717, 1.165) is 40.9 Å². The van der Waals surface area contributed by atoms with Crippen molar-refractivity contribution in [3.63, 3.8) is 0 Å². The Morgan fingerprint density at radius 3 is 3.12 bits per heavy atom. The maximum atomic E-state index is 6.19. The number of fused-ring (bicyclic) bond motifs is 2. The molecule has 0 amide bonds. The number of hydrogen-bond acceptors (Lipinski definition) is 3. The minimum atomic E-state index is 0.595. The molecule has 2 N–H and O–H groups in total. The summed E-state index contributed by atoms with van der Waals surface area (Å²) in [5, 5.41) is 1.05. The van der Waals surface area contributed by atoms with E-state index in [1.165, 1.54) is 5.56 Å². The fourth-order valence-corrected chi connectivity index (χ4v) is 2.20. The van der Waals surface area contributed by atoms with Crippen molar-refractivity contribution < 1.29 is 4.74 Å². The molecular weight excluding hydrogens is 200 g/mol.